The fraction of sp³-hybridized carbons (Fsp3) is 0.222. The molecule has 2 aromatic rings. The minimum atomic E-state index is -0.752. The number of nitrogens with zero attached hydrogens (tertiary/aromatic N) is 1. The molecule has 2 N–H and O–H groups in total. The highest BCUT2D eigenvalue weighted by Crippen LogP contribution is 2.22. The third kappa shape index (κ3) is 6.54. The Hall–Kier alpha value is -2.64. The first-order chi connectivity index (χ1) is 12.7. The second kappa shape index (κ2) is 9.34. The van der Waals surface area contributed by atoms with Crippen LogP contribution in [0.25, 0.3) is 0 Å². The van der Waals surface area contributed by atoms with Crippen molar-refractivity contribution in [1.82, 2.24) is 10.3 Å². The summed E-state index contributed by atoms with van der Waals surface area (Å²) in [5, 5.41) is 5.32. The lowest BCUT2D eigenvalue weighted by Gasteiger charge is -2.09. The van der Waals surface area contributed by atoms with Crippen LogP contribution in [0.1, 0.15) is 21.5 Å². The van der Waals surface area contributed by atoms with Crippen LogP contribution in [0.15, 0.2) is 30.5 Å². The van der Waals surface area contributed by atoms with Gasteiger partial charge < -0.3 is 15.4 Å². The smallest absolute Gasteiger partial charge is 0.325 e. The molecule has 0 fully saturated rings. The number of aromatic nitrogens is 1. The van der Waals surface area contributed by atoms with Gasteiger partial charge in [0.05, 0.1) is 10.0 Å². The van der Waals surface area contributed by atoms with Gasteiger partial charge in [0.2, 0.25) is 0 Å². The zero-order chi connectivity index (χ0) is 20.0. The van der Waals surface area contributed by atoms with Gasteiger partial charge in [-0.15, -0.1) is 0 Å². The number of carbonyl (C=O) groups is 3. The van der Waals surface area contributed by atoms with E-state index >= 15 is 0 Å². The second-order valence-corrected chi connectivity index (χ2v) is 6.60. The van der Waals surface area contributed by atoms with Crippen LogP contribution in [0, 0.1) is 13.8 Å². The molecular weight excluding hydrogens is 393 g/mol. The lowest BCUT2D eigenvalue weighted by atomic mass is 10.1. The van der Waals surface area contributed by atoms with Crippen molar-refractivity contribution >= 4 is 46.8 Å². The summed E-state index contributed by atoms with van der Waals surface area (Å²) >= 11 is 11.6. The molecule has 0 spiro atoms. The first-order valence-corrected chi connectivity index (χ1v) is 8.63. The van der Waals surface area contributed by atoms with Crippen molar-refractivity contribution < 1.29 is 19.1 Å². The molecular formula is C18H17Cl2N3O4. The largest absolute Gasteiger partial charge is 0.454 e. The molecule has 0 saturated heterocycles. The normalized spacial score (nSPS) is 10.2. The predicted molar refractivity (Wildman–Crippen MR) is 102 cm³/mol. The van der Waals surface area contributed by atoms with Crippen LogP contribution in [0.2, 0.25) is 10.0 Å². The van der Waals surface area contributed by atoms with Crippen molar-refractivity contribution in [3.8, 4) is 0 Å². The first-order valence-electron chi connectivity index (χ1n) is 7.87. The summed E-state index contributed by atoms with van der Waals surface area (Å²) < 4.78 is 4.81. The maximum atomic E-state index is 12.1. The number of aryl methyl sites for hydroxylation is 2. The van der Waals surface area contributed by atoms with Crippen molar-refractivity contribution in [2.24, 2.45) is 0 Å². The first kappa shape index (κ1) is 20.7. The SMILES string of the molecule is Cc1cc(C)cc(C(=O)NCC(=O)OCC(=O)Nc2ncc(Cl)cc2Cl)c1. The fourth-order valence-corrected chi connectivity index (χ4v) is 2.66. The Labute approximate surface area is 166 Å². The predicted octanol–water partition coefficient (Wildman–Crippen LogP) is 2.92. The average molecular weight is 410 g/mol. The molecule has 2 amide bonds. The number of halogens is 2. The number of anilines is 1. The molecule has 9 heteroatoms. The number of esters is 1. The van der Waals surface area contributed by atoms with Gasteiger partial charge in [0, 0.05) is 11.8 Å². The number of carbonyl (C=O) groups excluding carboxylic acids is 3. The number of ether oxygens (including phenoxy) is 1. The minimum Gasteiger partial charge on any atom is -0.454 e. The highest BCUT2D eigenvalue weighted by Gasteiger charge is 2.13. The van der Waals surface area contributed by atoms with E-state index in [4.69, 9.17) is 27.9 Å². The third-order valence-corrected chi connectivity index (χ3v) is 3.80. The number of hydrogen-bond acceptors (Lipinski definition) is 5. The van der Waals surface area contributed by atoms with Gasteiger partial charge in [-0.05, 0) is 32.0 Å². The van der Waals surface area contributed by atoms with Crippen LogP contribution >= 0.6 is 23.2 Å². The van der Waals surface area contributed by atoms with Gasteiger partial charge in [0.15, 0.2) is 12.4 Å². The van der Waals surface area contributed by atoms with Gasteiger partial charge in [-0.2, -0.15) is 0 Å². The fourth-order valence-electron chi connectivity index (χ4n) is 2.23. The maximum absolute atomic E-state index is 12.1. The molecule has 1 aromatic heterocycles. The van der Waals surface area contributed by atoms with E-state index in [2.05, 4.69) is 15.6 Å². The second-order valence-electron chi connectivity index (χ2n) is 5.75. The number of nitrogens with one attached hydrogen (secondary N) is 2. The van der Waals surface area contributed by atoms with Gasteiger partial charge in [-0.25, -0.2) is 4.98 Å². The lowest BCUT2D eigenvalue weighted by Crippen LogP contribution is -2.32. The summed E-state index contributed by atoms with van der Waals surface area (Å²) in [5.74, 6) is -1.68. The van der Waals surface area contributed by atoms with Crippen molar-refractivity contribution in [1.29, 1.82) is 0 Å². The van der Waals surface area contributed by atoms with Gasteiger partial charge in [-0.1, -0.05) is 40.4 Å². The van der Waals surface area contributed by atoms with E-state index in [1.54, 1.807) is 12.1 Å². The maximum Gasteiger partial charge on any atom is 0.325 e. The van der Waals surface area contributed by atoms with Crippen LogP contribution < -0.4 is 10.6 Å². The Balaban J connectivity index is 1.78. The number of pyridine rings is 1. The standard InChI is InChI=1S/C18H17Cl2N3O4/c1-10-3-11(2)5-12(4-10)18(26)22-8-16(25)27-9-15(24)23-17-14(20)6-13(19)7-21-17/h3-7H,8-9H2,1-2H3,(H,22,26)(H,21,23,24). The van der Waals surface area contributed by atoms with Crippen LogP contribution in [0.5, 0.6) is 0 Å². The highest BCUT2D eigenvalue weighted by molar-refractivity contribution is 6.36. The molecule has 1 aromatic carbocycles. The molecule has 7 nitrogen and oxygen atoms in total. The van der Waals surface area contributed by atoms with E-state index in [0.29, 0.717) is 10.6 Å². The van der Waals surface area contributed by atoms with Gasteiger partial charge in [0.1, 0.15) is 6.54 Å². The zero-order valence-electron chi connectivity index (χ0n) is 14.6. The molecule has 27 heavy (non-hydrogen) atoms. The summed E-state index contributed by atoms with van der Waals surface area (Å²) in [6.07, 6.45) is 1.32. The summed E-state index contributed by atoms with van der Waals surface area (Å²) in [6, 6.07) is 6.78. The molecule has 0 bridgehead atoms. The summed E-state index contributed by atoms with van der Waals surface area (Å²) in [7, 11) is 0. The van der Waals surface area contributed by atoms with Crippen LogP contribution in [0.4, 0.5) is 5.82 Å². The number of rotatable bonds is 6. The van der Waals surface area contributed by atoms with E-state index in [1.807, 2.05) is 19.9 Å². The van der Waals surface area contributed by atoms with E-state index in [1.165, 1.54) is 12.3 Å². The molecule has 0 saturated carbocycles. The monoisotopic (exact) mass is 409 g/mol. The zero-order valence-corrected chi connectivity index (χ0v) is 16.1. The average Bonchev–Trinajstić information content (AvgIpc) is 2.59. The van der Waals surface area contributed by atoms with Crippen LogP contribution in [-0.2, 0) is 14.3 Å². The van der Waals surface area contributed by atoms with Crippen LogP contribution in [-0.4, -0.2) is 35.9 Å². The van der Waals surface area contributed by atoms with Crippen molar-refractivity contribution in [3.63, 3.8) is 0 Å². The van der Waals surface area contributed by atoms with E-state index < -0.39 is 24.4 Å². The topological polar surface area (TPSA) is 97.4 Å². The molecule has 0 aliphatic carbocycles. The van der Waals surface area contributed by atoms with Crippen molar-refractivity contribution in [3.05, 3.63) is 57.2 Å². The molecule has 0 aliphatic rings. The van der Waals surface area contributed by atoms with Gasteiger partial charge in [-0.3, -0.25) is 14.4 Å². The van der Waals surface area contributed by atoms with E-state index in [0.717, 1.165) is 11.1 Å². The number of amides is 2. The van der Waals surface area contributed by atoms with Crippen LogP contribution in [0.3, 0.4) is 0 Å². The summed E-state index contributed by atoms with van der Waals surface area (Å²) in [6.45, 7) is 2.84. The van der Waals surface area contributed by atoms with E-state index in [-0.39, 0.29) is 17.4 Å². The molecule has 2 rings (SSSR count). The lowest BCUT2D eigenvalue weighted by molar-refractivity contribution is -0.146. The number of benzene rings is 1. The molecule has 0 unspecified atom stereocenters. The molecule has 0 atom stereocenters. The molecule has 0 aliphatic heterocycles. The minimum absolute atomic E-state index is 0.102. The quantitative estimate of drug-likeness (QED) is 0.714. The Kier molecular flexibility index (Phi) is 7.15. The van der Waals surface area contributed by atoms with Crippen molar-refractivity contribution in [2.75, 3.05) is 18.5 Å². The van der Waals surface area contributed by atoms with Gasteiger partial charge in [0.25, 0.3) is 11.8 Å². The third-order valence-electron chi connectivity index (χ3n) is 3.31. The van der Waals surface area contributed by atoms with Gasteiger partial charge >= 0.3 is 5.97 Å². The Morgan fingerprint density at radius 1 is 1.07 bits per heavy atom. The Bertz CT molecular complexity index is 867. The molecule has 0 radical (unpaired) electrons. The highest BCUT2D eigenvalue weighted by atomic mass is 35.5. The molecule has 1 heterocycles. The summed E-state index contributed by atoms with van der Waals surface area (Å²) in [4.78, 5) is 39.4. The van der Waals surface area contributed by atoms with Crippen molar-refractivity contribution in [2.45, 2.75) is 13.8 Å². The summed E-state index contributed by atoms with van der Waals surface area (Å²) in [5.41, 5.74) is 2.32. The Morgan fingerprint density at radius 2 is 1.74 bits per heavy atom. The molecule has 142 valence electrons. The van der Waals surface area contributed by atoms with E-state index in [9.17, 15) is 14.4 Å². The Morgan fingerprint density at radius 3 is 2.37 bits per heavy atom. The number of hydrogen-bond donors (Lipinski definition) is 2.